The Hall–Kier alpha value is -2.16. The third-order valence-corrected chi connectivity index (χ3v) is 3.73. The first kappa shape index (κ1) is 23.8. The molecule has 9 nitrogen and oxygen atoms in total. The molecule has 26 heavy (non-hydrogen) atoms. The van der Waals surface area contributed by atoms with Crippen molar-refractivity contribution in [1.82, 2.24) is 10.6 Å². The van der Waals surface area contributed by atoms with Crippen LogP contribution in [-0.4, -0.2) is 56.1 Å². The summed E-state index contributed by atoms with van der Waals surface area (Å²) in [6, 6.07) is -2.31. The van der Waals surface area contributed by atoms with Gasteiger partial charge >= 0.3 is 18.0 Å². The Morgan fingerprint density at radius 2 is 1.65 bits per heavy atom. The van der Waals surface area contributed by atoms with Crippen molar-refractivity contribution in [3.05, 3.63) is 0 Å². The zero-order valence-corrected chi connectivity index (χ0v) is 15.8. The SMILES string of the molecule is CCOC(=O)C(CCCCN)NC(=O)NC(CCC(=O)OC)C(=O)CC. The van der Waals surface area contributed by atoms with E-state index in [0.29, 0.717) is 19.4 Å². The number of carbonyl (C=O) groups is 4. The number of Topliss-reactive ketones (excluding diaryl/α,β-unsaturated/α-hetero) is 1. The summed E-state index contributed by atoms with van der Waals surface area (Å²) >= 11 is 0. The molecule has 0 aromatic carbocycles. The average molecular weight is 373 g/mol. The van der Waals surface area contributed by atoms with Crippen LogP contribution < -0.4 is 16.4 Å². The highest BCUT2D eigenvalue weighted by Gasteiger charge is 2.25. The molecule has 0 saturated carbocycles. The second kappa shape index (κ2) is 14.1. The van der Waals surface area contributed by atoms with Crippen molar-refractivity contribution in [2.45, 2.75) is 64.5 Å². The van der Waals surface area contributed by atoms with Crippen LogP contribution in [0.1, 0.15) is 52.4 Å². The fraction of sp³-hybridized carbons (Fsp3) is 0.765. The highest BCUT2D eigenvalue weighted by atomic mass is 16.5. The zero-order chi connectivity index (χ0) is 19.9. The van der Waals surface area contributed by atoms with Gasteiger partial charge in [-0.15, -0.1) is 0 Å². The van der Waals surface area contributed by atoms with Crippen LogP contribution in [0, 0.1) is 0 Å². The van der Waals surface area contributed by atoms with Crippen LogP contribution >= 0.6 is 0 Å². The molecule has 0 bridgehead atoms. The molecule has 4 N–H and O–H groups in total. The molecule has 2 atom stereocenters. The molecule has 0 aromatic rings. The highest BCUT2D eigenvalue weighted by molar-refractivity contribution is 5.90. The Morgan fingerprint density at radius 1 is 1.00 bits per heavy atom. The van der Waals surface area contributed by atoms with Crippen molar-refractivity contribution in [2.75, 3.05) is 20.3 Å². The number of ether oxygens (including phenoxy) is 2. The van der Waals surface area contributed by atoms with Gasteiger partial charge in [0.2, 0.25) is 0 Å². The summed E-state index contributed by atoms with van der Waals surface area (Å²) < 4.78 is 9.51. The monoisotopic (exact) mass is 373 g/mol. The van der Waals surface area contributed by atoms with E-state index >= 15 is 0 Å². The summed E-state index contributed by atoms with van der Waals surface area (Å²) in [6.07, 6.45) is 2.10. The van der Waals surface area contributed by atoms with E-state index < -0.39 is 30.1 Å². The first-order chi connectivity index (χ1) is 12.4. The minimum absolute atomic E-state index is 0.00495. The molecular weight excluding hydrogens is 342 g/mol. The average Bonchev–Trinajstić information content (AvgIpc) is 2.63. The number of nitrogens with one attached hydrogen (secondary N) is 2. The first-order valence-corrected chi connectivity index (χ1v) is 8.92. The molecule has 150 valence electrons. The lowest BCUT2D eigenvalue weighted by molar-refractivity contribution is -0.145. The molecule has 0 heterocycles. The number of amides is 2. The Balaban J connectivity index is 4.80. The van der Waals surface area contributed by atoms with Crippen LogP contribution in [0.15, 0.2) is 0 Å². The number of unbranched alkanes of at least 4 members (excludes halogenated alkanes) is 1. The molecule has 9 heteroatoms. The second-order valence-corrected chi connectivity index (χ2v) is 5.69. The van der Waals surface area contributed by atoms with Crippen molar-refractivity contribution in [3.63, 3.8) is 0 Å². The Labute approximate surface area is 154 Å². The Morgan fingerprint density at radius 3 is 2.19 bits per heavy atom. The predicted octanol–water partition coefficient (Wildman–Crippen LogP) is 0.647. The minimum Gasteiger partial charge on any atom is -0.469 e. The van der Waals surface area contributed by atoms with Crippen molar-refractivity contribution in [1.29, 1.82) is 0 Å². The first-order valence-electron chi connectivity index (χ1n) is 8.92. The number of urea groups is 1. The Bertz CT molecular complexity index is 469. The van der Waals surface area contributed by atoms with Crippen LogP contribution in [0.5, 0.6) is 0 Å². The van der Waals surface area contributed by atoms with E-state index in [9.17, 15) is 19.2 Å². The van der Waals surface area contributed by atoms with Gasteiger partial charge in [0.25, 0.3) is 0 Å². The molecule has 0 aromatic heterocycles. The van der Waals surface area contributed by atoms with Crippen LogP contribution in [0.2, 0.25) is 0 Å². The number of hydrogen-bond donors (Lipinski definition) is 3. The van der Waals surface area contributed by atoms with E-state index in [0.717, 1.165) is 6.42 Å². The zero-order valence-electron chi connectivity index (χ0n) is 15.8. The minimum atomic E-state index is -0.828. The van der Waals surface area contributed by atoms with Gasteiger partial charge in [0, 0.05) is 12.8 Å². The summed E-state index contributed by atoms with van der Waals surface area (Å²) in [6.45, 7) is 4.03. The molecule has 2 amide bonds. The van der Waals surface area contributed by atoms with E-state index in [2.05, 4.69) is 15.4 Å². The molecule has 0 rings (SSSR count). The third-order valence-electron chi connectivity index (χ3n) is 3.73. The number of carbonyl (C=O) groups excluding carboxylic acids is 4. The molecule has 0 saturated heterocycles. The normalized spacial score (nSPS) is 12.6. The molecule has 0 aliphatic carbocycles. The van der Waals surface area contributed by atoms with Crippen LogP contribution in [0.3, 0.4) is 0 Å². The van der Waals surface area contributed by atoms with E-state index in [1.807, 2.05) is 0 Å². The predicted molar refractivity (Wildman–Crippen MR) is 95.3 cm³/mol. The molecule has 0 spiro atoms. The van der Waals surface area contributed by atoms with Crippen LogP contribution in [-0.2, 0) is 23.9 Å². The summed E-state index contributed by atoms with van der Waals surface area (Å²) in [5, 5.41) is 5.06. The number of ketones is 1. The molecule has 0 radical (unpaired) electrons. The number of rotatable bonds is 13. The number of methoxy groups -OCH3 is 1. The topological polar surface area (TPSA) is 137 Å². The third kappa shape index (κ3) is 9.97. The van der Waals surface area contributed by atoms with Crippen molar-refractivity contribution >= 4 is 23.8 Å². The highest BCUT2D eigenvalue weighted by Crippen LogP contribution is 2.05. The van der Waals surface area contributed by atoms with Crippen LogP contribution in [0.4, 0.5) is 4.79 Å². The van der Waals surface area contributed by atoms with Gasteiger partial charge in [0.1, 0.15) is 6.04 Å². The smallest absolute Gasteiger partial charge is 0.328 e. The summed E-state index contributed by atoms with van der Waals surface area (Å²) in [7, 11) is 1.25. The van der Waals surface area contributed by atoms with Crippen molar-refractivity contribution < 1.29 is 28.7 Å². The van der Waals surface area contributed by atoms with Gasteiger partial charge in [-0.25, -0.2) is 9.59 Å². The quantitative estimate of drug-likeness (QED) is 0.318. The maximum absolute atomic E-state index is 12.2. The van der Waals surface area contributed by atoms with E-state index in [4.69, 9.17) is 10.5 Å². The molecule has 0 fully saturated rings. The van der Waals surface area contributed by atoms with E-state index in [-0.39, 0.29) is 31.7 Å². The molecule has 0 aliphatic rings. The second-order valence-electron chi connectivity index (χ2n) is 5.69. The largest absolute Gasteiger partial charge is 0.469 e. The number of hydrogen-bond acceptors (Lipinski definition) is 7. The van der Waals surface area contributed by atoms with Crippen molar-refractivity contribution in [3.8, 4) is 0 Å². The lowest BCUT2D eigenvalue weighted by Crippen LogP contribution is -2.51. The summed E-state index contributed by atoms with van der Waals surface area (Å²) in [5.41, 5.74) is 5.44. The van der Waals surface area contributed by atoms with Gasteiger partial charge in [-0.05, 0) is 39.2 Å². The van der Waals surface area contributed by atoms with Crippen LogP contribution in [0.25, 0.3) is 0 Å². The lowest BCUT2D eigenvalue weighted by atomic mass is 10.1. The lowest BCUT2D eigenvalue weighted by Gasteiger charge is -2.21. The van der Waals surface area contributed by atoms with Gasteiger partial charge in [-0.1, -0.05) is 6.92 Å². The Kier molecular flexibility index (Phi) is 12.9. The fourth-order valence-electron chi connectivity index (χ4n) is 2.27. The number of esters is 2. The fourth-order valence-corrected chi connectivity index (χ4v) is 2.27. The maximum Gasteiger partial charge on any atom is 0.328 e. The van der Waals surface area contributed by atoms with Gasteiger partial charge < -0.3 is 25.8 Å². The standard InChI is InChI=1S/C17H31N3O6/c1-4-14(21)12(9-10-15(22)25-3)19-17(24)20-13(8-6-7-11-18)16(23)26-5-2/h12-13H,4-11,18H2,1-3H3,(H2,19,20,24). The van der Waals surface area contributed by atoms with Gasteiger partial charge in [0.15, 0.2) is 5.78 Å². The maximum atomic E-state index is 12.2. The van der Waals surface area contributed by atoms with Gasteiger partial charge in [-0.3, -0.25) is 9.59 Å². The summed E-state index contributed by atoms with van der Waals surface area (Å²) in [5.74, 6) is -1.21. The van der Waals surface area contributed by atoms with Gasteiger partial charge in [0.05, 0.1) is 19.8 Å². The van der Waals surface area contributed by atoms with Gasteiger partial charge in [-0.2, -0.15) is 0 Å². The molecule has 2 unspecified atom stereocenters. The van der Waals surface area contributed by atoms with E-state index in [1.54, 1.807) is 13.8 Å². The van der Waals surface area contributed by atoms with E-state index in [1.165, 1.54) is 7.11 Å². The number of nitrogens with two attached hydrogens (primary N) is 1. The van der Waals surface area contributed by atoms with Crippen molar-refractivity contribution in [2.24, 2.45) is 5.73 Å². The molecular formula is C17H31N3O6. The molecule has 0 aliphatic heterocycles. The summed E-state index contributed by atoms with van der Waals surface area (Å²) in [4.78, 5) is 47.4.